The minimum atomic E-state index is -4.59. The number of unbranched alkanes of at least 4 members (excludes halogenated alkanes) is 2. The fourth-order valence-corrected chi connectivity index (χ4v) is 8.56. The molecule has 24 heteroatoms. The Morgan fingerprint density at radius 1 is 0.840 bits per heavy atom. The number of aryl methyl sites for hydroxylation is 2. The Hall–Kier alpha value is -7.67. The Morgan fingerprint density at radius 3 is 2.37 bits per heavy atom. The number of halogens is 3. The molecule has 75 heavy (non-hydrogen) atoms. The summed E-state index contributed by atoms with van der Waals surface area (Å²) in [5.41, 5.74) is 2.93. The highest BCUT2D eigenvalue weighted by atomic mass is 19.4. The van der Waals surface area contributed by atoms with Crippen molar-refractivity contribution >= 4 is 52.5 Å². The molecule has 3 aliphatic rings. The number of carbonyl (C=O) groups excluding carboxylic acids is 6. The van der Waals surface area contributed by atoms with Crippen LogP contribution in [0.4, 0.5) is 30.2 Å². The lowest BCUT2D eigenvalue weighted by atomic mass is 10.0. The molecule has 5 aromatic rings. The van der Waals surface area contributed by atoms with Gasteiger partial charge >= 0.3 is 6.18 Å². The lowest BCUT2D eigenvalue weighted by molar-refractivity contribution is -0.138. The van der Waals surface area contributed by atoms with E-state index in [0.717, 1.165) is 29.1 Å². The van der Waals surface area contributed by atoms with Crippen molar-refractivity contribution in [3.63, 3.8) is 0 Å². The number of morpholine rings is 1. The zero-order valence-electron chi connectivity index (χ0n) is 41.0. The maximum atomic E-state index is 13.3. The number of rotatable bonds is 24. The summed E-state index contributed by atoms with van der Waals surface area (Å²) in [5.74, 6) is -3.14. The van der Waals surface area contributed by atoms with Gasteiger partial charge in [-0.3, -0.25) is 48.6 Å². The summed E-state index contributed by atoms with van der Waals surface area (Å²) in [7, 11) is 0. The first-order valence-electron chi connectivity index (χ1n) is 24.4. The van der Waals surface area contributed by atoms with Crippen molar-refractivity contribution in [3.8, 4) is 17.0 Å². The number of fused-ring (bicyclic) bond motifs is 1. The van der Waals surface area contributed by atoms with Crippen LogP contribution in [0.5, 0.6) is 5.88 Å². The summed E-state index contributed by atoms with van der Waals surface area (Å²) in [5, 5.41) is 15.9. The Balaban J connectivity index is 0.693. The van der Waals surface area contributed by atoms with Crippen molar-refractivity contribution in [1.29, 1.82) is 0 Å². The number of anilines is 3. The Bertz CT molecular complexity index is 2890. The number of aromatic nitrogens is 5. The molecule has 6 amide bonds. The van der Waals surface area contributed by atoms with E-state index >= 15 is 0 Å². The van der Waals surface area contributed by atoms with Crippen LogP contribution in [-0.2, 0) is 52.7 Å². The number of piperidine rings is 1. The van der Waals surface area contributed by atoms with Crippen LogP contribution in [0.2, 0.25) is 0 Å². The molecule has 1 unspecified atom stereocenters. The van der Waals surface area contributed by atoms with Crippen LogP contribution in [0.15, 0.2) is 73.2 Å². The number of amides is 6. The van der Waals surface area contributed by atoms with Crippen LogP contribution in [0.3, 0.4) is 0 Å². The van der Waals surface area contributed by atoms with Gasteiger partial charge in [-0.05, 0) is 68.7 Å². The van der Waals surface area contributed by atoms with Crippen LogP contribution in [0, 0.1) is 6.92 Å². The van der Waals surface area contributed by atoms with E-state index in [0.29, 0.717) is 106 Å². The summed E-state index contributed by atoms with van der Waals surface area (Å²) >= 11 is 0. The Morgan fingerprint density at radius 2 is 1.60 bits per heavy atom. The fraction of sp³-hybridized carbons (Fsp3) is 0.412. The van der Waals surface area contributed by atoms with Crippen LogP contribution in [0.25, 0.3) is 11.1 Å². The van der Waals surface area contributed by atoms with Gasteiger partial charge in [-0.1, -0.05) is 23.8 Å². The van der Waals surface area contributed by atoms with Crippen LogP contribution < -0.4 is 25.6 Å². The number of pyridine rings is 2. The predicted octanol–water partition coefficient (Wildman–Crippen LogP) is 5.38. The third kappa shape index (κ3) is 13.9. The molecule has 6 heterocycles. The van der Waals surface area contributed by atoms with E-state index in [2.05, 4.69) is 41.1 Å². The average molecular weight is 1040 g/mol. The normalized spacial score (nSPS) is 15.8. The molecule has 0 saturated carbocycles. The summed E-state index contributed by atoms with van der Waals surface area (Å²) < 4.78 is 70.2. The van der Waals surface area contributed by atoms with E-state index in [1.807, 2.05) is 6.07 Å². The molecular formula is C51H55F3N10O11. The first kappa shape index (κ1) is 53.6. The van der Waals surface area contributed by atoms with Gasteiger partial charge in [-0.15, -0.1) is 5.10 Å². The van der Waals surface area contributed by atoms with E-state index in [4.69, 9.17) is 23.7 Å². The van der Waals surface area contributed by atoms with Crippen LogP contribution in [-0.4, -0.2) is 137 Å². The highest BCUT2D eigenvalue weighted by molar-refractivity contribution is 6.26. The second-order valence-electron chi connectivity index (χ2n) is 17.7. The van der Waals surface area contributed by atoms with Gasteiger partial charge in [0.1, 0.15) is 24.0 Å². The first-order valence-corrected chi connectivity index (χ1v) is 24.4. The molecule has 0 bridgehead atoms. The zero-order chi connectivity index (χ0) is 52.9. The molecule has 0 spiro atoms. The monoisotopic (exact) mass is 1040 g/mol. The Labute approximate surface area is 428 Å². The maximum Gasteiger partial charge on any atom is 0.416 e. The van der Waals surface area contributed by atoms with Gasteiger partial charge in [-0.2, -0.15) is 13.2 Å². The van der Waals surface area contributed by atoms with Crippen molar-refractivity contribution in [2.45, 2.75) is 70.8 Å². The number of alkyl halides is 3. The lowest BCUT2D eigenvalue weighted by Gasteiger charge is -2.30. The lowest BCUT2D eigenvalue weighted by Crippen LogP contribution is -2.54. The van der Waals surface area contributed by atoms with Gasteiger partial charge in [0.25, 0.3) is 17.7 Å². The smallest absolute Gasteiger partial charge is 0.416 e. The molecule has 0 aliphatic carbocycles. The topological polar surface area (TPSA) is 248 Å². The van der Waals surface area contributed by atoms with E-state index in [-0.39, 0.29) is 67.4 Å². The zero-order valence-corrected chi connectivity index (χ0v) is 41.0. The maximum absolute atomic E-state index is 13.3. The molecule has 3 aromatic heterocycles. The average Bonchev–Trinajstić information content (AvgIpc) is 3.97. The molecule has 21 nitrogen and oxygen atoms in total. The SMILES string of the molecule is Cc1ncc(NC(=O)c2cccc(C(F)(F)F)c2)cc1-c1cnc(OCCOCCOCCOCc2cn(CCCCCC(=O)Nc3cccc4c3C(=O)N(C3CCC(=O)NC3=O)C4=O)nn2)c(N2CCOCC2)c1. The molecule has 2 saturated heterocycles. The molecule has 1 atom stereocenters. The first-order chi connectivity index (χ1) is 36.2. The molecule has 8 rings (SSSR count). The number of hydrogen-bond donors (Lipinski definition) is 3. The molecule has 2 aromatic carbocycles. The predicted molar refractivity (Wildman–Crippen MR) is 262 cm³/mol. The van der Waals surface area contributed by atoms with Crippen LogP contribution >= 0.6 is 0 Å². The number of carbonyl (C=O) groups is 6. The number of nitrogens with zero attached hydrogens (tertiary/aromatic N) is 7. The van der Waals surface area contributed by atoms with E-state index < -0.39 is 47.3 Å². The second-order valence-corrected chi connectivity index (χ2v) is 17.7. The molecule has 396 valence electrons. The van der Waals surface area contributed by atoms with Gasteiger partial charge in [-0.25, -0.2) is 4.98 Å². The third-order valence-corrected chi connectivity index (χ3v) is 12.4. The van der Waals surface area contributed by atoms with Crippen molar-refractivity contribution in [2.75, 3.05) is 81.5 Å². The quantitative estimate of drug-likeness (QED) is 0.0519. The number of hydrogen-bond acceptors (Lipinski definition) is 16. The van der Waals surface area contributed by atoms with Crippen LogP contribution in [0.1, 0.15) is 86.6 Å². The van der Waals surface area contributed by atoms with Gasteiger partial charge in [0.2, 0.25) is 23.6 Å². The number of benzene rings is 2. The molecule has 3 N–H and O–H groups in total. The van der Waals surface area contributed by atoms with E-state index in [9.17, 15) is 41.9 Å². The molecule has 0 radical (unpaired) electrons. The number of imide groups is 2. The third-order valence-electron chi connectivity index (χ3n) is 12.4. The van der Waals surface area contributed by atoms with E-state index in [1.54, 1.807) is 36.1 Å². The Kier molecular flexibility index (Phi) is 17.9. The largest absolute Gasteiger partial charge is 0.474 e. The standard InChI is InChI=1S/C51H55F3N10O11/c1-32-39(27-36(29-55-32)57-46(67)33-7-5-8-35(25-33)51(52,53)54)34-26-42(62-15-17-71-18-16-62)48(56-28-34)75-24-23-73-20-19-72-21-22-74-31-37-30-63(61-60-37)14-4-2-3-11-43(65)58-40-10-6-9-38-45(40)50(70)64(49(38)69)41-12-13-44(66)59-47(41)68/h5-10,25-30,41H,2-4,11-24,31H2,1H3,(H,57,67)(H,58,65)(H,59,66,68). The van der Waals surface area contributed by atoms with Gasteiger partial charge < -0.3 is 39.2 Å². The summed E-state index contributed by atoms with van der Waals surface area (Å²) in [4.78, 5) is 88.2. The summed E-state index contributed by atoms with van der Waals surface area (Å²) in [6.07, 6.45) is 2.51. The minimum Gasteiger partial charge on any atom is -0.474 e. The molecular weight excluding hydrogens is 986 g/mol. The minimum absolute atomic E-state index is 0.00619. The van der Waals surface area contributed by atoms with Gasteiger partial charge in [0, 0.05) is 61.1 Å². The van der Waals surface area contributed by atoms with Gasteiger partial charge in [0.05, 0.1) is 93.3 Å². The van der Waals surface area contributed by atoms with Crippen molar-refractivity contribution in [1.82, 2.24) is 35.2 Å². The highest BCUT2D eigenvalue weighted by Crippen LogP contribution is 2.35. The summed E-state index contributed by atoms with van der Waals surface area (Å²) in [6, 6.07) is 11.3. The number of ether oxygens (including phenoxy) is 5. The molecule has 3 aliphatic heterocycles. The highest BCUT2D eigenvalue weighted by Gasteiger charge is 2.45. The van der Waals surface area contributed by atoms with Crippen molar-refractivity contribution in [3.05, 3.63) is 107 Å². The van der Waals surface area contributed by atoms with Gasteiger partial charge in [0.15, 0.2) is 0 Å². The fourth-order valence-electron chi connectivity index (χ4n) is 8.56. The second kappa shape index (κ2) is 25.0. The van der Waals surface area contributed by atoms with Crippen molar-refractivity contribution < 1.29 is 65.6 Å². The number of nitrogens with one attached hydrogen (secondary N) is 3. The summed E-state index contributed by atoms with van der Waals surface area (Å²) in [6.45, 7) is 6.67. The van der Waals surface area contributed by atoms with E-state index in [1.165, 1.54) is 30.5 Å². The van der Waals surface area contributed by atoms with Crippen molar-refractivity contribution in [2.24, 2.45) is 0 Å². The molecule has 2 fully saturated rings.